The summed E-state index contributed by atoms with van der Waals surface area (Å²) < 4.78 is 50.7. The first kappa shape index (κ1) is 15.3. The maximum atomic E-state index is 13.4. The standard InChI is InChI=1S/C13H11F4NO3/c14-10-5-7(1-2-9(10)13(15,16)17)11(19)18-4-3-8(6-18)12(20)21/h1-2,5,8H,3-4,6H2,(H,20,21). The second kappa shape index (κ2) is 5.34. The Kier molecular flexibility index (Phi) is 3.89. The third-order valence-corrected chi connectivity index (χ3v) is 3.35. The quantitative estimate of drug-likeness (QED) is 0.854. The van der Waals surface area contributed by atoms with E-state index in [0.29, 0.717) is 12.1 Å². The van der Waals surface area contributed by atoms with Crippen LogP contribution in [-0.2, 0) is 11.0 Å². The molecule has 1 aliphatic rings. The fraction of sp³-hybridized carbons (Fsp3) is 0.385. The number of carboxylic acid groups (broad SMARTS) is 1. The molecule has 1 aromatic carbocycles. The van der Waals surface area contributed by atoms with Gasteiger partial charge >= 0.3 is 12.1 Å². The van der Waals surface area contributed by atoms with Gasteiger partial charge in [0.05, 0.1) is 11.5 Å². The lowest BCUT2D eigenvalue weighted by Gasteiger charge is -2.16. The maximum absolute atomic E-state index is 13.4. The van der Waals surface area contributed by atoms with Crippen LogP contribution in [0, 0.1) is 11.7 Å². The van der Waals surface area contributed by atoms with Crippen molar-refractivity contribution in [2.45, 2.75) is 12.6 Å². The van der Waals surface area contributed by atoms with Crippen molar-refractivity contribution >= 4 is 11.9 Å². The van der Waals surface area contributed by atoms with Crippen LogP contribution in [0.15, 0.2) is 18.2 Å². The fourth-order valence-corrected chi connectivity index (χ4v) is 2.21. The third kappa shape index (κ3) is 3.14. The summed E-state index contributed by atoms with van der Waals surface area (Å²) in [4.78, 5) is 24.0. The van der Waals surface area contributed by atoms with E-state index in [0.717, 1.165) is 6.07 Å². The molecule has 4 nitrogen and oxygen atoms in total. The lowest BCUT2D eigenvalue weighted by Crippen LogP contribution is -2.30. The fourth-order valence-electron chi connectivity index (χ4n) is 2.21. The molecule has 1 saturated heterocycles. The normalized spacial score (nSPS) is 18.9. The number of carbonyl (C=O) groups excluding carboxylic acids is 1. The van der Waals surface area contributed by atoms with Crippen molar-refractivity contribution in [2.75, 3.05) is 13.1 Å². The van der Waals surface area contributed by atoms with Crippen molar-refractivity contribution < 1.29 is 32.3 Å². The van der Waals surface area contributed by atoms with Crippen molar-refractivity contribution in [1.82, 2.24) is 4.90 Å². The zero-order valence-corrected chi connectivity index (χ0v) is 10.7. The molecule has 1 heterocycles. The molecule has 1 amide bonds. The lowest BCUT2D eigenvalue weighted by atomic mass is 10.1. The van der Waals surface area contributed by atoms with Gasteiger partial charge < -0.3 is 10.0 Å². The number of carboxylic acids is 1. The largest absolute Gasteiger partial charge is 0.481 e. The van der Waals surface area contributed by atoms with Gasteiger partial charge in [0, 0.05) is 18.7 Å². The number of aliphatic carboxylic acids is 1. The van der Waals surface area contributed by atoms with E-state index >= 15 is 0 Å². The van der Waals surface area contributed by atoms with Crippen LogP contribution < -0.4 is 0 Å². The topological polar surface area (TPSA) is 57.6 Å². The Morgan fingerprint density at radius 3 is 2.43 bits per heavy atom. The van der Waals surface area contributed by atoms with Gasteiger partial charge in [0.25, 0.3) is 5.91 Å². The molecule has 1 aliphatic heterocycles. The summed E-state index contributed by atoms with van der Waals surface area (Å²) in [5.74, 6) is -3.94. The summed E-state index contributed by atoms with van der Waals surface area (Å²) in [5, 5.41) is 8.83. The molecule has 2 rings (SSSR count). The average molecular weight is 305 g/mol. The summed E-state index contributed by atoms with van der Waals surface area (Å²) in [6.45, 7) is 0.148. The van der Waals surface area contributed by atoms with Crippen molar-refractivity contribution in [2.24, 2.45) is 5.92 Å². The van der Waals surface area contributed by atoms with E-state index in [1.165, 1.54) is 4.90 Å². The number of hydrogen-bond acceptors (Lipinski definition) is 2. The Balaban J connectivity index is 2.18. The zero-order chi connectivity index (χ0) is 15.8. The van der Waals surface area contributed by atoms with Crippen LogP contribution >= 0.6 is 0 Å². The van der Waals surface area contributed by atoms with E-state index in [-0.39, 0.29) is 25.1 Å². The molecule has 0 aromatic heterocycles. The van der Waals surface area contributed by atoms with Gasteiger partial charge in [-0.1, -0.05) is 0 Å². The van der Waals surface area contributed by atoms with Crippen LogP contribution in [0.5, 0.6) is 0 Å². The number of rotatable bonds is 2. The van der Waals surface area contributed by atoms with E-state index in [1.54, 1.807) is 0 Å². The first-order valence-corrected chi connectivity index (χ1v) is 6.09. The minimum absolute atomic E-state index is 0.0309. The van der Waals surface area contributed by atoms with E-state index in [2.05, 4.69) is 0 Å². The molecule has 1 unspecified atom stereocenters. The van der Waals surface area contributed by atoms with E-state index in [1.807, 2.05) is 0 Å². The van der Waals surface area contributed by atoms with Crippen molar-refractivity contribution in [3.8, 4) is 0 Å². The molecule has 114 valence electrons. The number of hydrogen-bond donors (Lipinski definition) is 1. The smallest absolute Gasteiger partial charge is 0.419 e. The molecule has 1 atom stereocenters. The summed E-state index contributed by atoms with van der Waals surface area (Å²) in [6.07, 6.45) is -4.56. The highest BCUT2D eigenvalue weighted by molar-refractivity contribution is 5.94. The van der Waals surface area contributed by atoms with Crippen LogP contribution in [0.25, 0.3) is 0 Å². The first-order valence-electron chi connectivity index (χ1n) is 6.09. The summed E-state index contributed by atoms with van der Waals surface area (Å²) in [7, 11) is 0. The highest BCUT2D eigenvalue weighted by Crippen LogP contribution is 2.32. The molecule has 0 aliphatic carbocycles. The van der Waals surface area contributed by atoms with Crippen molar-refractivity contribution in [3.63, 3.8) is 0 Å². The highest BCUT2D eigenvalue weighted by atomic mass is 19.4. The summed E-state index contributed by atoms with van der Waals surface area (Å²) in [5.41, 5.74) is -1.67. The van der Waals surface area contributed by atoms with Gasteiger partial charge in [0.1, 0.15) is 5.82 Å². The number of amides is 1. The molecule has 1 N–H and O–H groups in total. The van der Waals surface area contributed by atoms with Crippen LogP contribution in [0.4, 0.5) is 17.6 Å². The number of carbonyl (C=O) groups is 2. The lowest BCUT2D eigenvalue weighted by molar-refractivity contribution is -0.141. The van der Waals surface area contributed by atoms with Gasteiger partial charge in [-0.15, -0.1) is 0 Å². The molecule has 1 aromatic rings. The average Bonchev–Trinajstić information content (AvgIpc) is 2.85. The molecular formula is C13H11F4NO3. The van der Waals surface area contributed by atoms with Gasteiger partial charge in [-0.3, -0.25) is 9.59 Å². The molecule has 0 bridgehead atoms. The van der Waals surface area contributed by atoms with Crippen LogP contribution in [0.3, 0.4) is 0 Å². The Morgan fingerprint density at radius 2 is 1.95 bits per heavy atom. The van der Waals surface area contributed by atoms with Crippen LogP contribution in [-0.4, -0.2) is 35.0 Å². The number of alkyl halides is 3. The number of likely N-dealkylation sites (tertiary alicyclic amines) is 1. The molecule has 0 saturated carbocycles. The zero-order valence-electron chi connectivity index (χ0n) is 10.7. The second-order valence-corrected chi connectivity index (χ2v) is 4.77. The third-order valence-electron chi connectivity index (χ3n) is 3.35. The number of halogens is 4. The number of nitrogens with zero attached hydrogens (tertiary/aromatic N) is 1. The Morgan fingerprint density at radius 1 is 1.29 bits per heavy atom. The van der Waals surface area contributed by atoms with Gasteiger partial charge in [-0.25, -0.2) is 4.39 Å². The minimum atomic E-state index is -4.83. The predicted octanol–water partition coefficient (Wildman–Crippen LogP) is 2.39. The van der Waals surface area contributed by atoms with Gasteiger partial charge in [-0.05, 0) is 24.6 Å². The molecule has 1 fully saturated rings. The van der Waals surface area contributed by atoms with Crippen LogP contribution in [0.1, 0.15) is 22.3 Å². The molecule has 0 radical (unpaired) electrons. The highest BCUT2D eigenvalue weighted by Gasteiger charge is 2.35. The van der Waals surface area contributed by atoms with Crippen molar-refractivity contribution in [1.29, 1.82) is 0 Å². The summed E-state index contributed by atoms with van der Waals surface area (Å²) >= 11 is 0. The second-order valence-electron chi connectivity index (χ2n) is 4.77. The predicted molar refractivity (Wildman–Crippen MR) is 63.0 cm³/mol. The minimum Gasteiger partial charge on any atom is -0.481 e. The Labute approximate surface area is 117 Å². The molecule has 0 spiro atoms. The van der Waals surface area contributed by atoms with E-state index in [9.17, 15) is 27.2 Å². The Hall–Kier alpha value is -2.12. The van der Waals surface area contributed by atoms with Crippen molar-refractivity contribution in [3.05, 3.63) is 35.1 Å². The van der Waals surface area contributed by atoms with Gasteiger partial charge in [0.15, 0.2) is 0 Å². The van der Waals surface area contributed by atoms with Gasteiger partial charge in [-0.2, -0.15) is 13.2 Å². The first-order chi connectivity index (χ1) is 9.70. The summed E-state index contributed by atoms with van der Waals surface area (Å²) in [6, 6.07) is 1.93. The molecule has 8 heteroatoms. The number of benzene rings is 1. The Bertz CT molecular complexity index is 585. The SMILES string of the molecule is O=C(O)C1CCN(C(=O)c2ccc(C(F)(F)F)c(F)c2)C1. The van der Waals surface area contributed by atoms with E-state index in [4.69, 9.17) is 5.11 Å². The molecule has 21 heavy (non-hydrogen) atoms. The maximum Gasteiger partial charge on any atom is 0.419 e. The van der Waals surface area contributed by atoms with Crippen LogP contribution in [0.2, 0.25) is 0 Å². The molecular weight excluding hydrogens is 294 g/mol. The van der Waals surface area contributed by atoms with Gasteiger partial charge in [0.2, 0.25) is 0 Å². The van der Waals surface area contributed by atoms with E-state index < -0.39 is 35.4 Å². The monoisotopic (exact) mass is 305 g/mol.